The lowest BCUT2D eigenvalue weighted by Crippen LogP contribution is -2.25. The smallest absolute Gasteiger partial charge is 0.0631 e. The van der Waals surface area contributed by atoms with E-state index in [-0.39, 0.29) is 11.7 Å². The Morgan fingerprint density at radius 1 is 1.27 bits per heavy atom. The van der Waals surface area contributed by atoms with Crippen molar-refractivity contribution >= 4 is 0 Å². The Balaban J connectivity index is 1.77. The molecule has 0 bridgehead atoms. The van der Waals surface area contributed by atoms with E-state index in [9.17, 15) is 5.11 Å². The summed E-state index contributed by atoms with van der Waals surface area (Å²) < 4.78 is 6.01. The standard InChI is InChI=1S/C13H24O2/c1-13(2)7-6-12(15-13)9-10-4-3-5-11(14)8-10/h10-12,14H,3-9H2,1-2H3. The van der Waals surface area contributed by atoms with Gasteiger partial charge < -0.3 is 9.84 Å². The van der Waals surface area contributed by atoms with E-state index < -0.39 is 0 Å². The maximum Gasteiger partial charge on any atom is 0.0631 e. The number of aliphatic hydroxyl groups is 1. The highest BCUT2D eigenvalue weighted by molar-refractivity contribution is 4.83. The highest BCUT2D eigenvalue weighted by atomic mass is 16.5. The molecule has 1 heterocycles. The zero-order valence-corrected chi connectivity index (χ0v) is 10.0. The summed E-state index contributed by atoms with van der Waals surface area (Å²) in [5.74, 6) is 0.702. The van der Waals surface area contributed by atoms with Gasteiger partial charge >= 0.3 is 0 Å². The molecular weight excluding hydrogens is 188 g/mol. The van der Waals surface area contributed by atoms with Gasteiger partial charge in [0.1, 0.15) is 0 Å². The fourth-order valence-electron chi connectivity index (χ4n) is 3.09. The fraction of sp³-hybridized carbons (Fsp3) is 1.00. The molecule has 2 aliphatic rings. The Morgan fingerprint density at radius 3 is 2.67 bits per heavy atom. The van der Waals surface area contributed by atoms with E-state index in [0.717, 1.165) is 12.8 Å². The summed E-state index contributed by atoms with van der Waals surface area (Å²) in [5, 5.41) is 9.62. The second kappa shape index (κ2) is 4.42. The van der Waals surface area contributed by atoms with Crippen LogP contribution in [0.2, 0.25) is 0 Å². The van der Waals surface area contributed by atoms with Crippen molar-refractivity contribution in [3.63, 3.8) is 0 Å². The number of aliphatic hydroxyl groups excluding tert-OH is 1. The third-order valence-corrected chi connectivity index (χ3v) is 3.91. The van der Waals surface area contributed by atoms with Crippen LogP contribution >= 0.6 is 0 Å². The first kappa shape index (κ1) is 11.4. The predicted molar refractivity (Wildman–Crippen MR) is 60.8 cm³/mol. The minimum Gasteiger partial charge on any atom is -0.393 e. The first-order valence-corrected chi connectivity index (χ1v) is 6.41. The van der Waals surface area contributed by atoms with Crippen molar-refractivity contribution in [3.8, 4) is 0 Å². The van der Waals surface area contributed by atoms with Crippen molar-refractivity contribution in [2.24, 2.45) is 5.92 Å². The molecular formula is C13H24O2. The molecule has 0 spiro atoms. The molecule has 2 rings (SSSR count). The van der Waals surface area contributed by atoms with Gasteiger partial charge in [-0.15, -0.1) is 0 Å². The number of hydrogen-bond donors (Lipinski definition) is 1. The van der Waals surface area contributed by atoms with Crippen LogP contribution in [0.4, 0.5) is 0 Å². The molecule has 0 radical (unpaired) electrons. The first-order valence-electron chi connectivity index (χ1n) is 6.41. The Bertz CT molecular complexity index is 213. The summed E-state index contributed by atoms with van der Waals surface area (Å²) in [6.45, 7) is 4.37. The zero-order valence-electron chi connectivity index (χ0n) is 10.0. The maximum atomic E-state index is 9.62. The summed E-state index contributed by atoms with van der Waals surface area (Å²) in [6, 6.07) is 0. The minimum absolute atomic E-state index is 0.0434. The van der Waals surface area contributed by atoms with E-state index >= 15 is 0 Å². The van der Waals surface area contributed by atoms with E-state index in [4.69, 9.17) is 4.74 Å². The molecule has 88 valence electrons. The lowest BCUT2D eigenvalue weighted by atomic mass is 9.83. The van der Waals surface area contributed by atoms with Gasteiger partial charge in [-0.2, -0.15) is 0 Å². The van der Waals surface area contributed by atoms with Gasteiger partial charge in [-0.05, 0) is 51.9 Å². The Kier molecular flexibility index (Phi) is 3.36. The highest BCUT2D eigenvalue weighted by Crippen LogP contribution is 2.36. The van der Waals surface area contributed by atoms with Crippen molar-refractivity contribution in [2.45, 2.75) is 76.6 Å². The van der Waals surface area contributed by atoms with Gasteiger partial charge in [0.25, 0.3) is 0 Å². The van der Waals surface area contributed by atoms with Gasteiger partial charge in [-0.25, -0.2) is 0 Å². The van der Waals surface area contributed by atoms with E-state index in [2.05, 4.69) is 13.8 Å². The molecule has 2 nitrogen and oxygen atoms in total. The van der Waals surface area contributed by atoms with E-state index in [1.54, 1.807) is 0 Å². The average Bonchev–Trinajstić information content (AvgIpc) is 2.45. The Labute approximate surface area is 93.0 Å². The monoisotopic (exact) mass is 212 g/mol. The van der Waals surface area contributed by atoms with Crippen LogP contribution in [0.25, 0.3) is 0 Å². The lowest BCUT2D eigenvalue weighted by molar-refractivity contribution is -0.0306. The van der Waals surface area contributed by atoms with Crippen molar-refractivity contribution in [3.05, 3.63) is 0 Å². The van der Waals surface area contributed by atoms with Crippen molar-refractivity contribution < 1.29 is 9.84 Å². The van der Waals surface area contributed by atoms with Crippen LogP contribution in [0.1, 0.15) is 58.8 Å². The first-order chi connectivity index (χ1) is 7.05. The second-order valence-electron chi connectivity index (χ2n) is 5.96. The van der Waals surface area contributed by atoms with Crippen LogP contribution in [-0.4, -0.2) is 22.9 Å². The van der Waals surface area contributed by atoms with Gasteiger partial charge in [0, 0.05) is 0 Å². The van der Waals surface area contributed by atoms with E-state index in [0.29, 0.717) is 12.0 Å². The molecule has 3 unspecified atom stereocenters. The molecule has 2 fully saturated rings. The summed E-state index contributed by atoms with van der Waals surface area (Å²) in [4.78, 5) is 0. The third-order valence-electron chi connectivity index (χ3n) is 3.91. The molecule has 3 atom stereocenters. The molecule has 0 amide bonds. The Morgan fingerprint density at radius 2 is 2.07 bits per heavy atom. The molecule has 1 saturated carbocycles. The van der Waals surface area contributed by atoms with Gasteiger partial charge in [-0.3, -0.25) is 0 Å². The van der Waals surface area contributed by atoms with Crippen molar-refractivity contribution in [1.29, 1.82) is 0 Å². The van der Waals surface area contributed by atoms with Gasteiger partial charge in [0.05, 0.1) is 17.8 Å². The molecule has 1 aliphatic carbocycles. The summed E-state index contributed by atoms with van der Waals surface area (Å²) >= 11 is 0. The average molecular weight is 212 g/mol. The van der Waals surface area contributed by atoms with Gasteiger partial charge in [0.2, 0.25) is 0 Å². The Hall–Kier alpha value is -0.0800. The molecule has 0 aromatic heterocycles. The SMILES string of the molecule is CC1(C)CCC(CC2CCCC(O)C2)O1. The minimum atomic E-state index is -0.0434. The molecule has 1 N–H and O–H groups in total. The normalized spacial score (nSPS) is 40.6. The van der Waals surface area contributed by atoms with Crippen LogP contribution in [0.15, 0.2) is 0 Å². The molecule has 0 aromatic rings. The molecule has 15 heavy (non-hydrogen) atoms. The molecule has 1 saturated heterocycles. The van der Waals surface area contributed by atoms with Gasteiger partial charge in [-0.1, -0.05) is 12.8 Å². The predicted octanol–water partition coefficient (Wildman–Crippen LogP) is 2.89. The number of rotatable bonds is 2. The third kappa shape index (κ3) is 3.18. The van der Waals surface area contributed by atoms with Crippen molar-refractivity contribution in [1.82, 2.24) is 0 Å². The van der Waals surface area contributed by atoms with Crippen LogP contribution < -0.4 is 0 Å². The summed E-state index contributed by atoms with van der Waals surface area (Å²) in [7, 11) is 0. The maximum absolute atomic E-state index is 9.62. The fourth-order valence-corrected chi connectivity index (χ4v) is 3.09. The largest absolute Gasteiger partial charge is 0.393 e. The number of ether oxygens (including phenoxy) is 1. The van der Waals surface area contributed by atoms with E-state index in [1.807, 2.05) is 0 Å². The van der Waals surface area contributed by atoms with Crippen LogP contribution in [0.5, 0.6) is 0 Å². The van der Waals surface area contributed by atoms with E-state index in [1.165, 1.54) is 32.1 Å². The molecule has 1 aliphatic heterocycles. The van der Waals surface area contributed by atoms with Crippen molar-refractivity contribution in [2.75, 3.05) is 0 Å². The lowest BCUT2D eigenvalue weighted by Gasteiger charge is -2.28. The second-order valence-corrected chi connectivity index (χ2v) is 5.96. The molecule has 2 heteroatoms. The topological polar surface area (TPSA) is 29.5 Å². The zero-order chi connectivity index (χ0) is 10.9. The summed E-state index contributed by atoms with van der Waals surface area (Å²) in [5.41, 5.74) is 0.0952. The highest BCUT2D eigenvalue weighted by Gasteiger charge is 2.33. The van der Waals surface area contributed by atoms with Gasteiger partial charge in [0.15, 0.2) is 0 Å². The quantitative estimate of drug-likeness (QED) is 0.762. The number of hydrogen-bond acceptors (Lipinski definition) is 2. The van der Waals surface area contributed by atoms with Crippen LogP contribution in [0.3, 0.4) is 0 Å². The summed E-state index contributed by atoms with van der Waals surface area (Å²) in [6.07, 6.45) is 8.47. The van der Waals surface area contributed by atoms with Crippen LogP contribution in [-0.2, 0) is 4.74 Å². The van der Waals surface area contributed by atoms with Crippen LogP contribution in [0, 0.1) is 5.92 Å². The molecule has 0 aromatic carbocycles.